The largest absolute Gasteiger partial charge is 0.404 e. The van der Waals surface area contributed by atoms with E-state index in [4.69, 9.17) is 5.73 Å². The van der Waals surface area contributed by atoms with E-state index in [2.05, 4.69) is 25.9 Å². The van der Waals surface area contributed by atoms with E-state index in [-0.39, 0.29) is 0 Å². The Kier molecular flexibility index (Phi) is 3.47. The van der Waals surface area contributed by atoms with Gasteiger partial charge in [-0.15, -0.1) is 0 Å². The lowest BCUT2D eigenvalue weighted by atomic mass is 10.5. The van der Waals surface area contributed by atoms with Crippen molar-refractivity contribution in [3.05, 3.63) is 35.1 Å². The van der Waals surface area contributed by atoms with Gasteiger partial charge >= 0.3 is 0 Å². The second kappa shape index (κ2) is 4.66. The molecule has 3 nitrogen and oxygen atoms in total. The van der Waals surface area contributed by atoms with Crippen LogP contribution in [-0.2, 0) is 0 Å². The summed E-state index contributed by atoms with van der Waals surface area (Å²) >= 11 is 3.19. The van der Waals surface area contributed by atoms with Gasteiger partial charge in [-0.3, -0.25) is 0 Å². The molecule has 0 unspecified atom stereocenters. The van der Waals surface area contributed by atoms with Gasteiger partial charge in [0.2, 0.25) is 0 Å². The maximum absolute atomic E-state index is 5.22. The number of nitrogens with two attached hydrogens (primary N) is 1. The Morgan fingerprint density at radius 3 is 3.00 bits per heavy atom. The standard InChI is InChI=1S/C8H8BrN3/c9-7(5-10)6-12-8-3-1-2-4-11-8/h1-6H,10H2. The van der Waals surface area contributed by atoms with E-state index in [0.29, 0.717) is 5.82 Å². The van der Waals surface area contributed by atoms with Gasteiger partial charge in [-0.1, -0.05) is 6.07 Å². The van der Waals surface area contributed by atoms with Crippen molar-refractivity contribution in [2.24, 2.45) is 10.7 Å². The van der Waals surface area contributed by atoms with E-state index >= 15 is 0 Å². The first kappa shape index (κ1) is 8.93. The molecule has 0 radical (unpaired) electrons. The number of pyridine rings is 1. The van der Waals surface area contributed by atoms with Crippen LogP contribution in [0.15, 0.2) is 40.1 Å². The molecule has 2 N–H and O–H groups in total. The summed E-state index contributed by atoms with van der Waals surface area (Å²) in [6, 6.07) is 5.53. The third-order valence-electron chi connectivity index (χ3n) is 1.13. The summed E-state index contributed by atoms with van der Waals surface area (Å²) in [5, 5.41) is 0. The van der Waals surface area contributed by atoms with Gasteiger partial charge in [-0.2, -0.15) is 0 Å². The summed E-state index contributed by atoms with van der Waals surface area (Å²) in [6.45, 7) is 0. The maximum atomic E-state index is 5.22. The van der Waals surface area contributed by atoms with Crippen molar-refractivity contribution >= 4 is 28.0 Å². The van der Waals surface area contributed by atoms with Crippen LogP contribution in [0.2, 0.25) is 0 Å². The summed E-state index contributed by atoms with van der Waals surface area (Å²) in [4.78, 5) is 8.04. The number of allylic oxidation sites excluding steroid dienone is 1. The number of hydrogen-bond donors (Lipinski definition) is 1. The molecule has 0 bridgehead atoms. The highest BCUT2D eigenvalue weighted by atomic mass is 79.9. The second-order valence-electron chi connectivity index (χ2n) is 2.00. The first-order chi connectivity index (χ1) is 5.83. The molecule has 1 aromatic heterocycles. The second-order valence-corrected chi connectivity index (χ2v) is 2.91. The van der Waals surface area contributed by atoms with Crippen LogP contribution in [0.25, 0.3) is 0 Å². The minimum absolute atomic E-state index is 0.663. The molecule has 0 aliphatic heterocycles. The molecular weight excluding hydrogens is 218 g/mol. The van der Waals surface area contributed by atoms with E-state index < -0.39 is 0 Å². The first-order valence-corrected chi connectivity index (χ1v) is 4.14. The van der Waals surface area contributed by atoms with E-state index in [1.807, 2.05) is 18.2 Å². The average molecular weight is 226 g/mol. The highest BCUT2D eigenvalue weighted by Crippen LogP contribution is 2.06. The van der Waals surface area contributed by atoms with Crippen LogP contribution in [-0.4, -0.2) is 11.2 Å². The average Bonchev–Trinajstić information content (AvgIpc) is 2.16. The summed E-state index contributed by atoms with van der Waals surface area (Å²) < 4.78 is 0.730. The van der Waals surface area contributed by atoms with Crippen molar-refractivity contribution in [3.63, 3.8) is 0 Å². The zero-order chi connectivity index (χ0) is 8.81. The van der Waals surface area contributed by atoms with Gasteiger partial charge in [0.25, 0.3) is 0 Å². The number of nitrogens with zero attached hydrogens (tertiary/aromatic N) is 2. The van der Waals surface area contributed by atoms with Crippen LogP contribution in [0.5, 0.6) is 0 Å². The van der Waals surface area contributed by atoms with Gasteiger partial charge in [-0.25, -0.2) is 9.98 Å². The molecule has 1 aromatic rings. The number of aliphatic imine (C=N–C) groups is 1. The molecule has 62 valence electrons. The lowest BCUT2D eigenvalue weighted by molar-refractivity contribution is 1.28. The van der Waals surface area contributed by atoms with Crippen LogP contribution in [0.4, 0.5) is 5.82 Å². The molecule has 0 saturated heterocycles. The van der Waals surface area contributed by atoms with E-state index in [0.717, 1.165) is 4.48 Å². The Morgan fingerprint density at radius 2 is 2.42 bits per heavy atom. The molecule has 1 heterocycles. The summed E-state index contributed by atoms with van der Waals surface area (Å²) in [5.74, 6) is 0.663. The number of aromatic nitrogens is 1. The molecule has 0 spiro atoms. The zero-order valence-electron chi connectivity index (χ0n) is 6.31. The molecule has 0 atom stereocenters. The minimum atomic E-state index is 0.663. The van der Waals surface area contributed by atoms with Gasteiger partial charge in [0.15, 0.2) is 5.82 Å². The quantitative estimate of drug-likeness (QED) is 0.784. The van der Waals surface area contributed by atoms with Gasteiger partial charge in [0, 0.05) is 18.6 Å². The van der Waals surface area contributed by atoms with Crippen molar-refractivity contribution in [2.75, 3.05) is 0 Å². The fourth-order valence-electron chi connectivity index (χ4n) is 0.601. The van der Waals surface area contributed by atoms with Gasteiger partial charge in [0.1, 0.15) is 0 Å². The molecular formula is C8H8BrN3. The van der Waals surface area contributed by atoms with Gasteiger partial charge < -0.3 is 5.73 Å². The third kappa shape index (κ3) is 2.84. The van der Waals surface area contributed by atoms with Crippen molar-refractivity contribution in [1.82, 2.24) is 4.98 Å². The summed E-state index contributed by atoms with van der Waals surface area (Å²) in [5.41, 5.74) is 5.22. The predicted octanol–water partition coefficient (Wildman–Crippen LogP) is 1.98. The Morgan fingerprint density at radius 1 is 1.58 bits per heavy atom. The molecule has 0 aliphatic rings. The van der Waals surface area contributed by atoms with Crippen LogP contribution < -0.4 is 5.73 Å². The third-order valence-corrected chi connectivity index (χ3v) is 1.60. The highest BCUT2D eigenvalue weighted by Gasteiger charge is 1.85. The van der Waals surface area contributed by atoms with Crippen molar-refractivity contribution in [1.29, 1.82) is 0 Å². The molecule has 0 aromatic carbocycles. The Bertz CT molecular complexity index is 292. The van der Waals surface area contributed by atoms with E-state index in [1.165, 1.54) is 6.20 Å². The first-order valence-electron chi connectivity index (χ1n) is 3.35. The maximum Gasteiger partial charge on any atom is 0.151 e. The molecule has 0 aliphatic carbocycles. The van der Waals surface area contributed by atoms with Crippen molar-refractivity contribution in [2.45, 2.75) is 0 Å². The van der Waals surface area contributed by atoms with Gasteiger partial charge in [0.05, 0.1) is 4.48 Å². The van der Waals surface area contributed by atoms with Gasteiger partial charge in [-0.05, 0) is 28.1 Å². The lowest BCUT2D eigenvalue weighted by Gasteiger charge is -1.89. The Balaban J connectivity index is 2.70. The summed E-state index contributed by atoms with van der Waals surface area (Å²) in [7, 11) is 0. The van der Waals surface area contributed by atoms with Crippen LogP contribution >= 0.6 is 15.9 Å². The monoisotopic (exact) mass is 225 g/mol. The van der Waals surface area contributed by atoms with E-state index in [1.54, 1.807) is 12.4 Å². The molecule has 0 saturated carbocycles. The normalized spacial score (nSPS) is 12.2. The topological polar surface area (TPSA) is 51.3 Å². The molecule has 0 amide bonds. The van der Waals surface area contributed by atoms with Crippen molar-refractivity contribution < 1.29 is 0 Å². The Labute approximate surface area is 79.2 Å². The minimum Gasteiger partial charge on any atom is -0.404 e. The molecule has 0 fully saturated rings. The SMILES string of the molecule is NC=C(Br)C=Nc1ccccn1. The fraction of sp³-hybridized carbons (Fsp3) is 0. The van der Waals surface area contributed by atoms with E-state index in [9.17, 15) is 0 Å². The summed E-state index contributed by atoms with van der Waals surface area (Å²) in [6.07, 6.45) is 4.71. The lowest BCUT2D eigenvalue weighted by Crippen LogP contribution is -1.82. The molecule has 4 heteroatoms. The van der Waals surface area contributed by atoms with Crippen LogP contribution in [0.3, 0.4) is 0 Å². The number of hydrogen-bond acceptors (Lipinski definition) is 3. The fourth-order valence-corrected chi connectivity index (χ4v) is 0.703. The predicted molar refractivity (Wildman–Crippen MR) is 53.6 cm³/mol. The van der Waals surface area contributed by atoms with Crippen LogP contribution in [0.1, 0.15) is 0 Å². The van der Waals surface area contributed by atoms with Crippen molar-refractivity contribution in [3.8, 4) is 0 Å². The molecule has 1 rings (SSSR count). The highest BCUT2D eigenvalue weighted by molar-refractivity contribution is 9.12. The zero-order valence-corrected chi connectivity index (χ0v) is 7.90. The van der Waals surface area contributed by atoms with Crippen LogP contribution in [0, 0.1) is 0 Å². The Hall–Kier alpha value is -1.16. The smallest absolute Gasteiger partial charge is 0.151 e. The number of halogens is 1. The number of rotatable bonds is 2. The molecule has 12 heavy (non-hydrogen) atoms.